The van der Waals surface area contributed by atoms with Crippen LogP contribution < -0.4 is 5.32 Å². The van der Waals surface area contributed by atoms with E-state index >= 15 is 0 Å². The molecule has 0 saturated heterocycles. The van der Waals surface area contributed by atoms with Gasteiger partial charge in [-0.2, -0.15) is 5.10 Å². The second-order valence-corrected chi connectivity index (χ2v) is 5.60. The molecule has 2 atom stereocenters. The molecule has 0 saturated carbocycles. The van der Waals surface area contributed by atoms with Crippen molar-refractivity contribution in [3.63, 3.8) is 0 Å². The van der Waals surface area contributed by atoms with E-state index in [0.717, 1.165) is 22.6 Å². The zero-order valence-corrected chi connectivity index (χ0v) is 12.8. The third kappa shape index (κ3) is 3.09. The Kier molecular flexibility index (Phi) is 4.06. The van der Waals surface area contributed by atoms with Gasteiger partial charge in [0, 0.05) is 18.4 Å². The molecule has 5 heteroatoms. The molecule has 2 aromatic heterocycles. The number of fused-ring (bicyclic) bond motifs is 1. The quantitative estimate of drug-likeness (QED) is 0.760. The molecular formula is C17H20N4O. The van der Waals surface area contributed by atoms with Gasteiger partial charge in [0.1, 0.15) is 5.52 Å². The van der Waals surface area contributed by atoms with Gasteiger partial charge in [-0.3, -0.25) is 0 Å². The summed E-state index contributed by atoms with van der Waals surface area (Å²) < 4.78 is 1.81. The molecule has 0 spiro atoms. The summed E-state index contributed by atoms with van der Waals surface area (Å²) in [5.74, 6) is 0.788. The third-order valence-corrected chi connectivity index (χ3v) is 3.66. The Bertz CT molecular complexity index is 754. The molecule has 0 fully saturated rings. The number of hydrogen-bond donors (Lipinski definition) is 2. The number of anilines is 1. The fraction of sp³-hybridized carbons (Fsp3) is 0.294. The molecule has 1 aromatic carbocycles. The van der Waals surface area contributed by atoms with Gasteiger partial charge in [-0.1, -0.05) is 30.3 Å². The Morgan fingerprint density at radius 2 is 2.05 bits per heavy atom. The number of aryl methyl sites for hydroxylation is 1. The van der Waals surface area contributed by atoms with Crippen LogP contribution in [0.5, 0.6) is 0 Å². The number of aliphatic hydroxyl groups excluding tert-OH is 1. The summed E-state index contributed by atoms with van der Waals surface area (Å²) >= 11 is 0. The second-order valence-electron chi connectivity index (χ2n) is 5.60. The minimum absolute atomic E-state index is 0.0871. The first kappa shape index (κ1) is 14.5. The van der Waals surface area contributed by atoms with E-state index in [4.69, 9.17) is 0 Å². The van der Waals surface area contributed by atoms with Crippen LogP contribution in [0, 0.1) is 6.92 Å². The summed E-state index contributed by atoms with van der Waals surface area (Å²) in [5, 5.41) is 18.1. The topological polar surface area (TPSA) is 62.5 Å². The van der Waals surface area contributed by atoms with Crippen LogP contribution in [0.15, 0.2) is 48.8 Å². The van der Waals surface area contributed by atoms with Crippen molar-refractivity contribution < 1.29 is 5.11 Å². The molecule has 114 valence electrons. The smallest absolute Gasteiger partial charge is 0.152 e. The van der Waals surface area contributed by atoms with Crippen LogP contribution in [0.4, 0.5) is 5.82 Å². The number of nitrogens with zero attached hydrogens (tertiary/aromatic N) is 3. The summed E-state index contributed by atoms with van der Waals surface area (Å²) in [6, 6.07) is 11.8. The first-order valence-electron chi connectivity index (χ1n) is 7.44. The Labute approximate surface area is 129 Å². The van der Waals surface area contributed by atoms with Gasteiger partial charge in [-0.25, -0.2) is 9.50 Å². The first-order chi connectivity index (χ1) is 10.6. The molecule has 3 rings (SSSR count). The van der Waals surface area contributed by atoms with Gasteiger partial charge in [-0.05, 0) is 31.9 Å². The van der Waals surface area contributed by atoms with Gasteiger partial charge in [0.2, 0.25) is 0 Å². The summed E-state index contributed by atoms with van der Waals surface area (Å²) in [6.45, 7) is 4.00. The molecule has 2 N–H and O–H groups in total. The van der Waals surface area contributed by atoms with Crippen LogP contribution in [-0.4, -0.2) is 25.7 Å². The molecule has 0 aliphatic carbocycles. The molecule has 3 aromatic rings. The van der Waals surface area contributed by atoms with E-state index in [1.807, 2.05) is 61.0 Å². The van der Waals surface area contributed by atoms with Gasteiger partial charge in [-0.15, -0.1) is 0 Å². The van der Waals surface area contributed by atoms with E-state index < -0.39 is 6.10 Å². The van der Waals surface area contributed by atoms with Crippen molar-refractivity contribution in [3.8, 4) is 0 Å². The zero-order valence-electron chi connectivity index (χ0n) is 12.8. The van der Waals surface area contributed by atoms with E-state index in [1.54, 1.807) is 6.20 Å². The van der Waals surface area contributed by atoms with E-state index in [1.165, 1.54) is 0 Å². The lowest BCUT2D eigenvalue weighted by Gasteiger charge is -2.19. The molecule has 0 aliphatic rings. The highest BCUT2D eigenvalue weighted by Crippen LogP contribution is 2.21. The standard InChI is InChI=1S/C17H20N4O/c1-12(11-16(22)14-6-4-3-5-7-14)19-17-15-10-13(2)20-21(15)9-8-18-17/h3-10,12,16,22H,11H2,1-2H3,(H,18,19). The predicted molar refractivity (Wildman–Crippen MR) is 86.8 cm³/mol. The van der Waals surface area contributed by atoms with Crippen molar-refractivity contribution in [2.45, 2.75) is 32.4 Å². The van der Waals surface area contributed by atoms with Gasteiger partial charge in [0.05, 0.1) is 11.8 Å². The molecule has 22 heavy (non-hydrogen) atoms. The van der Waals surface area contributed by atoms with Crippen LogP contribution >= 0.6 is 0 Å². The maximum absolute atomic E-state index is 10.3. The van der Waals surface area contributed by atoms with E-state index in [9.17, 15) is 5.11 Å². The molecule has 0 aliphatic heterocycles. The highest BCUT2D eigenvalue weighted by molar-refractivity contribution is 5.67. The van der Waals surface area contributed by atoms with E-state index in [2.05, 4.69) is 15.4 Å². The maximum atomic E-state index is 10.3. The van der Waals surface area contributed by atoms with Crippen molar-refractivity contribution >= 4 is 11.3 Å². The number of aromatic nitrogens is 3. The van der Waals surface area contributed by atoms with Crippen molar-refractivity contribution in [1.82, 2.24) is 14.6 Å². The monoisotopic (exact) mass is 296 g/mol. The Hall–Kier alpha value is -2.40. The lowest BCUT2D eigenvalue weighted by atomic mass is 10.0. The predicted octanol–water partition coefficient (Wildman–Crippen LogP) is 2.96. The van der Waals surface area contributed by atoms with Gasteiger partial charge < -0.3 is 10.4 Å². The van der Waals surface area contributed by atoms with E-state index in [0.29, 0.717) is 6.42 Å². The van der Waals surface area contributed by atoms with Crippen molar-refractivity contribution in [2.24, 2.45) is 0 Å². The Morgan fingerprint density at radius 1 is 1.27 bits per heavy atom. The molecule has 0 radical (unpaired) electrons. The summed E-state index contributed by atoms with van der Waals surface area (Å²) in [7, 11) is 0. The number of nitrogens with one attached hydrogen (secondary N) is 1. The largest absolute Gasteiger partial charge is 0.388 e. The lowest BCUT2D eigenvalue weighted by molar-refractivity contribution is 0.162. The Morgan fingerprint density at radius 3 is 2.82 bits per heavy atom. The number of rotatable bonds is 5. The second kappa shape index (κ2) is 6.15. The molecule has 2 heterocycles. The fourth-order valence-corrected chi connectivity index (χ4v) is 2.59. The fourth-order valence-electron chi connectivity index (χ4n) is 2.59. The SMILES string of the molecule is Cc1cc2c(NC(C)CC(O)c3ccccc3)nccn2n1. The molecule has 2 unspecified atom stereocenters. The summed E-state index contributed by atoms with van der Waals surface area (Å²) in [4.78, 5) is 4.39. The van der Waals surface area contributed by atoms with Crippen LogP contribution in [-0.2, 0) is 0 Å². The molecule has 0 amide bonds. The number of aliphatic hydroxyl groups is 1. The summed E-state index contributed by atoms with van der Waals surface area (Å²) in [6.07, 6.45) is 3.67. The minimum atomic E-state index is -0.491. The Balaban J connectivity index is 1.72. The lowest BCUT2D eigenvalue weighted by Crippen LogP contribution is -2.19. The van der Waals surface area contributed by atoms with Gasteiger partial charge in [0.25, 0.3) is 0 Å². The summed E-state index contributed by atoms with van der Waals surface area (Å²) in [5.41, 5.74) is 2.83. The van der Waals surface area contributed by atoms with Gasteiger partial charge >= 0.3 is 0 Å². The average Bonchev–Trinajstić information content (AvgIpc) is 2.89. The van der Waals surface area contributed by atoms with Crippen molar-refractivity contribution in [3.05, 3.63) is 60.0 Å². The highest BCUT2D eigenvalue weighted by Gasteiger charge is 2.14. The normalized spacial score (nSPS) is 14.0. The number of benzene rings is 1. The average molecular weight is 296 g/mol. The minimum Gasteiger partial charge on any atom is -0.388 e. The van der Waals surface area contributed by atoms with Crippen LogP contribution in [0.2, 0.25) is 0 Å². The van der Waals surface area contributed by atoms with Gasteiger partial charge in [0.15, 0.2) is 5.82 Å². The van der Waals surface area contributed by atoms with E-state index in [-0.39, 0.29) is 6.04 Å². The first-order valence-corrected chi connectivity index (χ1v) is 7.44. The van der Waals surface area contributed by atoms with Crippen molar-refractivity contribution in [1.29, 1.82) is 0 Å². The zero-order chi connectivity index (χ0) is 15.5. The van der Waals surface area contributed by atoms with Crippen LogP contribution in [0.25, 0.3) is 5.52 Å². The molecule has 5 nitrogen and oxygen atoms in total. The molecule has 0 bridgehead atoms. The molecular weight excluding hydrogens is 276 g/mol. The van der Waals surface area contributed by atoms with Crippen molar-refractivity contribution in [2.75, 3.05) is 5.32 Å². The maximum Gasteiger partial charge on any atom is 0.152 e. The van der Waals surface area contributed by atoms with Crippen LogP contribution in [0.3, 0.4) is 0 Å². The number of hydrogen-bond acceptors (Lipinski definition) is 4. The third-order valence-electron chi connectivity index (χ3n) is 3.66. The van der Waals surface area contributed by atoms with Crippen LogP contribution in [0.1, 0.15) is 30.7 Å². The highest BCUT2D eigenvalue weighted by atomic mass is 16.3.